The summed E-state index contributed by atoms with van der Waals surface area (Å²) in [6, 6.07) is 2.33. The van der Waals surface area contributed by atoms with Crippen LogP contribution in [0.5, 0.6) is 5.75 Å². The summed E-state index contributed by atoms with van der Waals surface area (Å²) in [4.78, 5) is 52.8. The summed E-state index contributed by atoms with van der Waals surface area (Å²) >= 11 is 6.15. The van der Waals surface area contributed by atoms with E-state index >= 15 is 0 Å². The van der Waals surface area contributed by atoms with Crippen LogP contribution < -0.4 is 10.7 Å². The van der Waals surface area contributed by atoms with E-state index in [-0.39, 0.29) is 69.5 Å². The third-order valence-corrected chi connectivity index (χ3v) is 10.4. The number of nitrogens with one attached hydrogen (secondary N) is 1. The Morgan fingerprint density at radius 1 is 1.18 bits per heavy atom. The summed E-state index contributed by atoms with van der Waals surface area (Å²) in [5.41, 5.74) is 0.394. The maximum Gasteiger partial charge on any atom is 0.416 e. The monoisotopic (exact) mass is 726 g/mol. The number of carbonyl (C=O) groups is 2. The Morgan fingerprint density at radius 2 is 1.96 bits per heavy atom. The molecular formula is C34H34ClF3N8O5. The number of hydrogen-bond acceptors (Lipinski definition) is 9. The van der Waals surface area contributed by atoms with Crippen molar-refractivity contribution in [2.75, 3.05) is 25.1 Å². The average molecular weight is 727 g/mol. The number of hydrogen-bond donors (Lipinski definition) is 2. The van der Waals surface area contributed by atoms with Crippen molar-refractivity contribution < 1.29 is 32.6 Å². The van der Waals surface area contributed by atoms with E-state index < -0.39 is 29.0 Å². The molecule has 5 heterocycles. The maximum absolute atomic E-state index is 14.5. The molecule has 2 amide bonds. The summed E-state index contributed by atoms with van der Waals surface area (Å²) in [6.45, 7) is 6.18. The number of halogens is 4. The number of aromatic hydroxyl groups is 1. The first kappa shape index (κ1) is 34.6. The number of alkyl halides is 3. The van der Waals surface area contributed by atoms with Crippen LogP contribution in [-0.2, 0) is 27.7 Å². The topological polar surface area (TPSA) is 157 Å². The van der Waals surface area contributed by atoms with Crippen molar-refractivity contribution in [3.05, 3.63) is 74.1 Å². The highest BCUT2D eigenvalue weighted by atomic mass is 35.5. The van der Waals surface area contributed by atoms with Crippen LogP contribution in [0.15, 0.2) is 35.4 Å². The number of piperidine rings is 1. The van der Waals surface area contributed by atoms with Gasteiger partial charge in [-0.3, -0.25) is 14.4 Å². The molecule has 2 aliphatic heterocycles. The third kappa shape index (κ3) is 6.03. The molecule has 3 aliphatic rings. The molecule has 7 rings (SSSR count). The Labute approximate surface area is 294 Å². The van der Waals surface area contributed by atoms with Gasteiger partial charge in [0.25, 0.3) is 5.91 Å². The van der Waals surface area contributed by atoms with E-state index in [1.807, 2.05) is 19.9 Å². The second-order valence-corrected chi connectivity index (χ2v) is 13.8. The molecule has 13 nitrogen and oxygen atoms in total. The molecule has 0 saturated carbocycles. The van der Waals surface area contributed by atoms with Gasteiger partial charge >= 0.3 is 6.18 Å². The van der Waals surface area contributed by atoms with Crippen molar-refractivity contribution >= 4 is 46.0 Å². The lowest BCUT2D eigenvalue weighted by Gasteiger charge is -2.44. The molecule has 4 aromatic rings. The predicted molar refractivity (Wildman–Crippen MR) is 179 cm³/mol. The van der Waals surface area contributed by atoms with Crippen LogP contribution in [0, 0.1) is 6.92 Å². The molecule has 1 spiro atoms. The van der Waals surface area contributed by atoms with Crippen LogP contribution in [0.3, 0.4) is 0 Å². The zero-order chi connectivity index (χ0) is 36.4. The van der Waals surface area contributed by atoms with Crippen molar-refractivity contribution in [1.29, 1.82) is 0 Å². The average Bonchev–Trinajstić information content (AvgIpc) is 3.65. The fourth-order valence-corrected chi connectivity index (χ4v) is 8.07. The zero-order valence-electron chi connectivity index (χ0n) is 27.9. The molecule has 3 atom stereocenters. The Morgan fingerprint density at radius 3 is 2.65 bits per heavy atom. The fraction of sp³-hybridized carbons (Fsp3) is 0.441. The van der Waals surface area contributed by atoms with Gasteiger partial charge in [0.15, 0.2) is 22.6 Å². The van der Waals surface area contributed by atoms with Crippen LogP contribution in [-0.4, -0.2) is 77.2 Å². The number of fused-ring (bicyclic) bond motifs is 3. The lowest BCUT2D eigenvalue weighted by Crippen LogP contribution is -2.51. The van der Waals surface area contributed by atoms with Gasteiger partial charge in [-0.05, 0) is 63.3 Å². The smallest absolute Gasteiger partial charge is 0.416 e. The molecule has 0 bridgehead atoms. The number of amides is 2. The van der Waals surface area contributed by atoms with Crippen LogP contribution in [0.25, 0.3) is 16.9 Å². The van der Waals surface area contributed by atoms with Gasteiger partial charge in [-0.15, -0.1) is 10.2 Å². The van der Waals surface area contributed by atoms with Crippen LogP contribution in [0.2, 0.25) is 5.02 Å². The van der Waals surface area contributed by atoms with E-state index in [1.165, 1.54) is 11.1 Å². The standard InChI is InChI=1S/C34H34ClF3N8O5/c1-17-13-33(8-9-44(18(2)14-33)32(50)27-29(48)19(3)39-16-40-27)25-28(17)45(15-24(47)41-23-5-4-20(12-22(23)35)34(36,37)38)31-26(30(25)49)42-46(43-31)21-6-10-51-11-7-21/h4-6,12,16-18,48H,7-11,13-15H2,1-3H3,(H,41,47)/t17-,18-,33+/m0/s1. The molecule has 1 aliphatic carbocycles. The fourth-order valence-electron chi connectivity index (χ4n) is 7.84. The molecule has 0 unspecified atom stereocenters. The number of rotatable bonds is 5. The second kappa shape index (κ2) is 12.7. The number of carbonyl (C=O) groups excluding carboxylic acids is 2. The molecule has 17 heteroatoms. The lowest BCUT2D eigenvalue weighted by atomic mass is 9.71. The van der Waals surface area contributed by atoms with Crippen LogP contribution >= 0.6 is 11.6 Å². The molecule has 51 heavy (non-hydrogen) atoms. The van der Waals surface area contributed by atoms with E-state index in [9.17, 15) is 32.7 Å². The number of benzene rings is 1. The molecule has 0 radical (unpaired) electrons. The maximum atomic E-state index is 14.5. The summed E-state index contributed by atoms with van der Waals surface area (Å²) in [5.74, 6) is -1.52. The molecule has 1 aromatic carbocycles. The van der Waals surface area contributed by atoms with Crippen LogP contribution in [0.1, 0.15) is 78.5 Å². The minimum atomic E-state index is -4.61. The van der Waals surface area contributed by atoms with E-state index in [0.29, 0.717) is 50.2 Å². The number of ether oxygens (including phenoxy) is 1. The van der Waals surface area contributed by atoms with Crippen molar-refractivity contribution in [2.24, 2.45) is 0 Å². The van der Waals surface area contributed by atoms with Crippen molar-refractivity contribution in [2.45, 2.75) is 76.6 Å². The van der Waals surface area contributed by atoms with E-state index in [1.54, 1.807) is 16.4 Å². The van der Waals surface area contributed by atoms with E-state index in [2.05, 4.69) is 25.5 Å². The lowest BCUT2D eigenvalue weighted by molar-refractivity contribution is -0.137. The highest BCUT2D eigenvalue weighted by Gasteiger charge is 2.51. The van der Waals surface area contributed by atoms with Crippen molar-refractivity contribution in [3.8, 4) is 5.75 Å². The molecule has 3 aromatic heterocycles. The molecule has 1 saturated heterocycles. The first-order chi connectivity index (χ1) is 24.2. The number of aromatic nitrogens is 6. The Hall–Kier alpha value is -4.83. The Kier molecular flexibility index (Phi) is 8.65. The highest BCUT2D eigenvalue weighted by molar-refractivity contribution is 6.33. The summed E-state index contributed by atoms with van der Waals surface area (Å²) in [7, 11) is 0. The van der Waals surface area contributed by atoms with Crippen molar-refractivity contribution in [1.82, 2.24) is 34.4 Å². The minimum absolute atomic E-state index is 0.0000771. The van der Waals surface area contributed by atoms with Gasteiger partial charge in [0.1, 0.15) is 12.9 Å². The number of nitrogens with zero attached hydrogens (tertiary/aromatic N) is 7. The minimum Gasteiger partial charge on any atom is -0.504 e. The molecule has 268 valence electrons. The predicted octanol–water partition coefficient (Wildman–Crippen LogP) is 5.04. The molecule has 2 N–H and O–H groups in total. The number of anilines is 1. The van der Waals surface area contributed by atoms with Gasteiger partial charge in [-0.1, -0.05) is 18.5 Å². The van der Waals surface area contributed by atoms with Gasteiger partial charge in [-0.25, -0.2) is 9.97 Å². The van der Waals surface area contributed by atoms with Gasteiger partial charge in [0.05, 0.1) is 40.9 Å². The van der Waals surface area contributed by atoms with Gasteiger partial charge < -0.3 is 24.6 Å². The van der Waals surface area contributed by atoms with Gasteiger partial charge in [0.2, 0.25) is 11.3 Å². The van der Waals surface area contributed by atoms with Gasteiger partial charge in [-0.2, -0.15) is 18.0 Å². The van der Waals surface area contributed by atoms with Gasteiger partial charge in [0, 0.05) is 35.7 Å². The number of pyridine rings is 1. The third-order valence-electron chi connectivity index (χ3n) is 10.1. The summed E-state index contributed by atoms with van der Waals surface area (Å²) in [5, 5.41) is 22.2. The van der Waals surface area contributed by atoms with Crippen LogP contribution in [0.4, 0.5) is 18.9 Å². The normalized spacial score (nSPS) is 21.9. The summed E-state index contributed by atoms with van der Waals surface area (Å²) < 4.78 is 46.8. The molecular weight excluding hydrogens is 693 g/mol. The SMILES string of the molecule is Cc1ncnc(C(=O)N2CC[C@@]3(C[C@H](C)c4c3c(=O)c3nn(C5=CCOCC5)nc3n4CC(=O)Nc3ccc(C(F)(F)F)cc3Cl)C[C@@H]2C)c1O. The second-order valence-electron chi connectivity index (χ2n) is 13.4. The zero-order valence-corrected chi connectivity index (χ0v) is 28.7. The number of aryl methyl sites for hydroxylation is 1. The Bertz CT molecular complexity index is 2180. The quantitative estimate of drug-likeness (QED) is 0.288. The van der Waals surface area contributed by atoms with E-state index in [0.717, 1.165) is 23.9 Å². The largest absolute Gasteiger partial charge is 0.504 e. The van der Waals surface area contributed by atoms with Crippen molar-refractivity contribution in [3.63, 3.8) is 0 Å². The highest BCUT2D eigenvalue weighted by Crippen LogP contribution is 2.52. The number of likely N-dealkylation sites (tertiary alicyclic amines) is 1. The van der Waals surface area contributed by atoms with E-state index in [4.69, 9.17) is 16.3 Å². The summed E-state index contributed by atoms with van der Waals surface area (Å²) in [6.07, 6.45) is 0.353. The first-order valence-corrected chi connectivity index (χ1v) is 16.9. The first-order valence-electron chi connectivity index (χ1n) is 16.5. The molecule has 1 fully saturated rings. The Balaban J connectivity index is 1.28.